The molecule has 1 atom stereocenters. The Morgan fingerprint density at radius 3 is 2.22 bits per heavy atom. The molecule has 9 heavy (non-hydrogen) atoms. The van der Waals surface area contributed by atoms with Crippen LogP contribution in [0.3, 0.4) is 0 Å². The Balaban J connectivity index is 0.000000291. The van der Waals surface area contributed by atoms with Gasteiger partial charge in [0.15, 0.2) is 6.29 Å². The Labute approximate surface area is 55.8 Å². The second-order valence-corrected chi connectivity index (χ2v) is 1.82. The van der Waals surface area contributed by atoms with Crippen molar-refractivity contribution < 1.29 is 9.84 Å². The molecule has 1 fully saturated rings. The van der Waals surface area contributed by atoms with Crippen molar-refractivity contribution in [3.63, 3.8) is 0 Å². The molecule has 0 aliphatic carbocycles. The topological polar surface area (TPSA) is 29.5 Å². The van der Waals surface area contributed by atoms with Gasteiger partial charge in [0.1, 0.15) is 0 Å². The fraction of sp³-hybridized carbons (Fsp3) is 0.714. The van der Waals surface area contributed by atoms with E-state index in [2.05, 4.69) is 12.8 Å². The van der Waals surface area contributed by atoms with Gasteiger partial charge in [-0.25, -0.2) is 0 Å². The maximum atomic E-state index is 8.69. The summed E-state index contributed by atoms with van der Waals surface area (Å²) in [5.74, 6) is 0. The molecule has 1 unspecified atom stereocenters. The van der Waals surface area contributed by atoms with Crippen LogP contribution < -0.4 is 0 Å². The van der Waals surface area contributed by atoms with Gasteiger partial charge in [0.2, 0.25) is 0 Å². The summed E-state index contributed by atoms with van der Waals surface area (Å²) in [5, 5.41) is 8.69. The van der Waals surface area contributed by atoms with Gasteiger partial charge in [-0.1, -0.05) is 0 Å². The summed E-state index contributed by atoms with van der Waals surface area (Å²) < 4.78 is 4.83. The molecular formula is C7H12O2. The first-order chi connectivity index (χ1) is 4.39. The van der Waals surface area contributed by atoms with Crippen LogP contribution in [-0.4, -0.2) is 18.0 Å². The van der Waals surface area contributed by atoms with Gasteiger partial charge in [-0.05, 0) is 19.3 Å². The predicted octanol–water partition coefficient (Wildman–Crippen LogP) is 0.755. The quantitative estimate of drug-likeness (QED) is 0.488. The molecule has 1 saturated heterocycles. The number of hydrogen-bond acceptors (Lipinski definition) is 2. The van der Waals surface area contributed by atoms with E-state index in [0.29, 0.717) is 0 Å². The highest BCUT2D eigenvalue weighted by molar-refractivity contribution is 4.50. The van der Waals surface area contributed by atoms with Gasteiger partial charge >= 0.3 is 0 Å². The van der Waals surface area contributed by atoms with E-state index >= 15 is 0 Å². The Bertz CT molecular complexity index is 72.2. The predicted molar refractivity (Wildman–Crippen MR) is 35.7 cm³/mol. The van der Waals surface area contributed by atoms with Crippen LogP contribution in [0.15, 0.2) is 0 Å². The van der Waals surface area contributed by atoms with Crippen molar-refractivity contribution in [2.45, 2.75) is 25.6 Å². The van der Waals surface area contributed by atoms with Crippen LogP contribution in [0.25, 0.3) is 0 Å². The van der Waals surface area contributed by atoms with Crippen LogP contribution in [0.2, 0.25) is 0 Å². The fourth-order valence-electron chi connectivity index (χ4n) is 0.724. The van der Waals surface area contributed by atoms with E-state index in [1.54, 1.807) is 0 Å². The second kappa shape index (κ2) is 5.61. The lowest BCUT2D eigenvalue weighted by atomic mass is 10.2. The zero-order chi connectivity index (χ0) is 7.11. The van der Waals surface area contributed by atoms with Crippen molar-refractivity contribution in [1.29, 1.82) is 0 Å². The third kappa shape index (κ3) is 4.01. The number of ether oxygens (including phenoxy) is 1. The first-order valence-electron chi connectivity index (χ1n) is 3.02. The molecule has 1 heterocycles. The largest absolute Gasteiger partial charge is 0.368 e. The van der Waals surface area contributed by atoms with Gasteiger partial charge < -0.3 is 9.84 Å². The standard InChI is InChI=1S/C5H10O2.C2H2/c6-5-3-1-2-4-7-5;1-2/h5-6H,1-4H2;1-2H. The molecule has 2 heteroatoms. The van der Waals surface area contributed by atoms with Gasteiger partial charge in [0, 0.05) is 6.61 Å². The molecule has 0 aromatic rings. The average molecular weight is 128 g/mol. The van der Waals surface area contributed by atoms with Crippen molar-refractivity contribution in [3.05, 3.63) is 0 Å². The summed E-state index contributed by atoms with van der Waals surface area (Å²) in [6, 6.07) is 0. The number of rotatable bonds is 0. The molecule has 0 saturated carbocycles. The first-order valence-corrected chi connectivity index (χ1v) is 3.02. The van der Waals surface area contributed by atoms with Gasteiger partial charge in [-0.2, -0.15) is 0 Å². The molecule has 0 radical (unpaired) electrons. The number of aliphatic hydroxyl groups is 1. The molecule has 0 bridgehead atoms. The Morgan fingerprint density at radius 1 is 1.33 bits per heavy atom. The number of aliphatic hydroxyl groups excluding tert-OH is 1. The fourth-order valence-corrected chi connectivity index (χ4v) is 0.724. The average Bonchev–Trinajstić information content (AvgIpc) is 1.94. The highest BCUT2D eigenvalue weighted by Gasteiger charge is 2.07. The number of hydrogen-bond donors (Lipinski definition) is 1. The van der Waals surface area contributed by atoms with E-state index in [-0.39, 0.29) is 0 Å². The Morgan fingerprint density at radius 2 is 2.00 bits per heavy atom. The van der Waals surface area contributed by atoms with E-state index in [1.807, 2.05) is 0 Å². The molecule has 1 aliphatic heterocycles. The minimum Gasteiger partial charge on any atom is -0.368 e. The highest BCUT2D eigenvalue weighted by atomic mass is 16.6. The molecule has 2 nitrogen and oxygen atoms in total. The van der Waals surface area contributed by atoms with Gasteiger partial charge in [0.25, 0.3) is 0 Å². The zero-order valence-electron chi connectivity index (χ0n) is 5.42. The normalized spacial score (nSPS) is 25.9. The van der Waals surface area contributed by atoms with Gasteiger partial charge in [-0.3, -0.25) is 0 Å². The second-order valence-electron chi connectivity index (χ2n) is 1.82. The van der Waals surface area contributed by atoms with Crippen molar-refractivity contribution in [1.82, 2.24) is 0 Å². The summed E-state index contributed by atoms with van der Waals surface area (Å²) in [7, 11) is 0. The monoisotopic (exact) mass is 128 g/mol. The minimum absolute atomic E-state index is 0.464. The molecular weight excluding hydrogens is 116 g/mol. The van der Waals surface area contributed by atoms with Crippen molar-refractivity contribution in [2.75, 3.05) is 6.61 Å². The van der Waals surface area contributed by atoms with Crippen molar-refractivity contribution >= 4 is 0 Å². The van der Waals surface area contributed by atoms with E-state index < -0.39 is 6.29 Å². The van der Waals surface area contributed by atoms with Crippen LogP contribution in [0.5, 0.6) is 0 Å². The molecule has 0 aromatic carbocycles. The summed E-state index contributed by atoms with van der Waals surface area (Å²) in [4.78, 5) is 0. The summed E-state index contributed by atoms with van der Waals surface area (Å²) in [6.45, 7) is 0.737. The third-order valence-corrected chi connectivity index (χ3v) is 1.16. The molecule has 0 amide bonds. The van der Waals surface area contributed by atoms with Crippen LogP contribution in [0.1, 0.15) is 19.3 Å². The molecule has 0 aromatic heterocycles. The van der Waals surface area contributed by atoms with Crippen molar-refractivity contribution in [3.8, 4) is 12.8 Å². The SMILES string of the molecule is C#C.OC1CCCCO1. The lowest BCUT2D eigenvalue weighted by Crippen LogP contribution is -2.17. The van der Waals surface area contributed by atoms with E-state index in [4.69, 9.17) is 9.84 Å². The van der Waals surface area contributed by atoms with Gasteiger partial charge in [0.05, 0.1) is 0 Å². The highest BCUT2D eigenvalue weighted by Crippen LogP contribution is 2.08. The minimum atomic E-state index is -0.464. The van der Waals surface area contributed by atoms with E-state index in [0.717, 1.165) is 25.9 Å². The van der Waals surface area contributed by atoms with E-state index in [9.17, 15) is 0 Å². The van der Waals surface area contributed by atoms with Crippen LogP contribution in [0, 0.1) is 12.8 Å². The molecule has 52 valence electrons. The molecule has 1 rings (SSSR count). The van der Waals surface area contributed by atoms with Crippen LogP contribution >= 0.6 is 0 Å². The molecule has 1 aliphatic rings. The van der Waals surface area contributed by atoms with Crippen LogP contribution in [-0.2, 0) is 4.74 Å². The number of terminal acetylenes is 1. The van der Waals surface area contributed by atoms with E-state index in [1.165, 1.54) is 0 Å². The lowest BCUT2D eigenvalue weighted by Gasteiger charge is -2.16. The Kier molecular flexibility index (Phi) is 5.29. The van der Waals surface area contributed by atoms with Crippen LogP contribution in [0.4, 0.5) is 0 Å². The maximum Gasteiger partial charge on any atom is 0.154 e. The third-order valence-electron chi connectivity index (χ3n) is 1.16. The Hall–Kier alpha value is -0.520. The zero-order valence-corrected chi connectivity index (χ0v) is 5.42. The molecule has 1 N–H and O–H groups in total. The maximum absolute atomic E-state index is 8.69. The summed E-state index contributed by atoms with van der Waals surface area (Å²) in [5.41, 5.74) is 0. The van der Waals surface area contributed by atoms with Crippen molar-refractivity contribution in [2.24, 2.45) is 0 Å². The summed E-state index contributed by atoms with van der Waals surface area (Å²) in [6.07, 6.45) is 10.6. The lowest BCUT2D eigenvalue weighted by molar-refractivity contribution is -0.123. The summed E-state index contributed by atoms with van der Waals surface area (Å²) >= 11 is 0. The van der Waals surface area contributed by atoms with Gasteiger partial charge in [-0.15, -0.1) is 12.8 Å². The smallest absolute Gasteiger partial charge is 0.154 e. The molecule has 0 spiro atoms. The first kappa shape index (κ1) is 8.48.